The van der Waals surface area contributed by atoms with Gasteiger partial charge >= 0.3 is 5.97 Å². The first-order chi connectivity index (χ1) is 13.4. The molecule has 0 aromatic heterocycles. The normalized spacial score (nSPS) is 11.4. The van der Waals surface area contributed by atoms with Gasteiger partial charge in [-0.1, -0.05) is 54.1 Å². The van der Waals surface area contributed by atoms with E-state index in [1.807, 2.05) is 49.4 Å². The molecule has 2 aromatic carbocycles. The van der Waals surface area contributed by atoms with Crippen molar-refractivity contribution in [1.29, 1.82) is 0 Å². The summed E-state index contributed by atoms with van der Waals surface area (Å²) in [6, 6.07) is 16.2. The van der Waals surface area contributed by atoms with Crippen molar-refractivity contribution < 1.29 is 19.1 Å². The Bertz CT molecular complexity index is 794. The topological polar surface area (TPSA) is 84.5 Å². The van der Waals surface area contributed by atoms with Crippen LogP contribution in [0.15, 0.2) is 54.6 Å². The largest absolute Gasteiger partial charge is 0.456 e. The number of hydrogen-bond acceptors (Lipinski definition) is 4. The van der Waals surface area contributed by atoms with Crippen molar-refractivity contribution in [3.05, 3.63) is 70.7 Å². The maximum absolute atomic E-state index is 11.9. The molecule has 1 unspecified atom stereocenters. The van der Waals surface area contributed by atoms with Gasteiger partial charge in [-0.2, -0.15) is 0 Å². The van der Waals surface area contributed by atoms with Crippen molar-refractivity contribution in [3.63, 3.8) is 0 Å². The molecule has 0 aliphatic rings. The van der Waals surface area contributed by atoms with Crippen LogP contribution >= 0.6 is 11.6 Å². The Morgan fingerprint density at radius 3 is 2.36 bits per heavy atom. The standard InChI is InChI=1S/C21H23ClN2O4/c1-15(17-7-9-18(22)10-8-17)24-20(26)14-28-21(27)11-12-23-19(25)13-16-5-3-2-4-6-16/h2-10,15H,11-14H2,1H3,(H,23,25)(H,24,26). The highest BCUT2D eigenvalue weighted by Gasteiger charge is 2.12. The predicted molar refractivity (Wildman–Crippen MR) is 107 cm³/mol. The van der Waals surface area contributed by atoms with Crippen LogP contribution < -0.4 is 10.6 Å². The first-order valence-electron chi connectivity index (χ1n) is 8.95. The van der Waals surface area contributed by atoms with Crippen molar-refractivity contribution >= 4 is 29.4 Å². The van der Waals surface area contributed by atoms with Gasteiger partial charge < -0.3 is 15.4 Å². The SMILES string of the molecule is CC(NC(=O)COC(=O)CCNC(=O)Cc1ccccc1)c1ccc(Cl)cc1. The molecule has 2 aromatic rings. The van der Waals surface area contributed by atoms with E-state index in [0.29, 0.717) is 5.02 Å². The van der Waals surface area contributed by atoms with E-state index in [1.54, 1.807) is 12.1 Å². The lowest BCUT2D eigenvalue weighted by Gasteiger charge is -2.14. The van der Waals surface area contributed by atoms with Crippen molar-refractivity contribution in [2.45, 2.75) is 25.8 Å². The van der Waals surface area contributed by atoms with Gasteiger partial charge in [0.15, 0.2) is 6.61 Å². The van der Waals surface area contributed by atoms with Gasteiger partial charge in [0, 0.05) is 11.6 Å². The van der Waals surface area contributed by atoms with Gasteiger partial charge in [-0.05, 0) is 30.2 Å². The summed E-state index contributed by atoms with van der Waals surface area (Å²) < 4.78 is 4.94. The maximum Gasteiger partial charge on any atom is 0.308 e. The Labute approximate surface area is 169 Å². The average molecular weight is 403 g/mol. The zero-order valence-electron chi connectivity index (χ0n) is 15.6. The van der Waals surface area contributed by atoms with E-state index in [9.17, 15) is 14.4 Å². The fourth-order valence-electron chi connectivity index (χ4n) is 2.48. The van der Waals surface area contributed by atoms with Crippen LogP contribution in [0.2, 0.25) is 5.02 Å². The Balaban J connectivity index is 1.61. The summed E-state index contributed by atoms with van der Waals surface area (Å²) in [5.74, 6) is -1.12. The van der Waals surface area contributed by atoms with Crippen molar-refractivity contribution in [3.8, 4) is 0 Å². The molecule has 0 fully saturated rings. The summed E-state index contributed by atoms with van der Waals surface area (Å²) in [5.41, 5.74) is 1.79. The maximum atomic E-state index is 11.9. The quantitative estimate of drug-likeness (QED) is 0.631. The minimum atomic E-state index is -0.547. The Kier molecular flexibility index (Phi) is 8.49. The average Bonchev–Trinajstić information content (AvgIpc) is 2.67. The van der Waals surface area contributed by atoms with Crippen molar-refractivity contribution in [2.24, 2.45) is 0 Å². The summed E-state index contributed by atoms with van der Waals surface area (Å²) in [4.78, 5) is 35.4. The van der Waals surface area contributed by atoms with Crippen LogP contribution in [0, 0.1) is 0 Å². The predicted octanol–water partition coefficient (Wildman–Crippen LogP) is 2.81. The molecular formula is C21H23ClN2O4. The highest BCUT2D eigenvalue weighted by Crippen LogP contribution is 2.15. The molecule has 0 aliphatic carbocycles. The molecule has 1 atom stereocenters. The van der Waals surface area contributed by atoms with Crippen LogP contribution in [0.25, 0.3) is 0 Å². The van der Waals surface area contributed by atoms with Crippen LogP contribution in [0.4, 0.5) is 0 Å². The second-order valence-electron chi connectivity index (χ2n) is 6.26. The Hall–Kier alpha value is -2.86. The molecule has 28 heavy (non-hydrogen) atoms. The molecule has 148 valence electrons. The molecule has 0 aliphatic heterocycles. The first kappa shape index (κ1) is 21.4. The van der Waals surface area contributed by atoms with E-state index in [-0.39, 0.29) is 37.9 Å². The molecule has 2 rings (SSSR count). The van der Waals surface area contributed by atoms with Crippen LogP contribution in [0.3, 0.4) is 0 Å². The fourth-order valence-corrected chi connectivity index (χ4v) is 2.61. The minimum absolute atomic E-state index is 0.000543. The minimum Gasteiger partial charge on any atom is -0.456 e. The summed E-state index contributed by atoms with van der Waals surface area (Å²) in [6.07, 6.45) is 0.251. The zero-order valence-corrected chi connectivity index (χ0v) is 16.4. The molecule has 0 radical (unpaired) electrons. The second-order valence-corrected chi connectivity index (χ2v) is 6.70. The lowest BCUT2D eigenvalue weighted by Crippen LogP contribution is -2.32. The number of carbonyl (C=O) groups is 3. The lowest BCUT2D eigenvalue weighted by atomic mass is 10.1. The summed E-state index contributed by atoms with van der Waals surface area (Å²) in [5, 5.41) is 6.02. The lowest BCUT2D eigenvalue weighted by molar-refractivity contribution is -0.148. The fraction of sp³-hybridized carbons (Fsp3) is 0.286. The number of ether oxygens (including phenoxy) is 1. The third-order valence-electron chi connectivity index (χ3n) is 3.97. The molecular weight excluding hydrogens is 380 g/mol. The van der Waals surface area contributed by atoms with E-state index >= 15 is 0 Å². The van der Waals surface area contributed by atoms with Crippen LogP contribution in [0.5, 0.6) is 0 Å². The number of hydrogen-bond donors (Lipinski definition) is 2. The van der Waals surface area contributed by atoms with Gasteiger partial charge in [0.1, 0.15) is 0 Å². The molecule has 0 saturated heterocycles. The van der Waals surface area contributed by atoms with Crippen molar-refractivity contribution in [1.82, 2.24) is 10.6 Å². The molecule has 6 nitrogen and oxygen atoms in total. The van der Waals surface area contributed by atoms with Gasteiger partial charge in [0.05, 0.1) is 18.9 Å². The smallest absolute Gasteiger partial charge is 0.308 e. The van der Waals surface area contributed by atoms with Gasteiger partial charge in [0.2, 0.25) is 5.91 Å². The molecule has 0 heterocycles. The highest BCUT2D eigenvalue weighted by atomic mass is 35.5. The monoisotopic (exact) mass is 402 g/mol. The van der Waals surface area contributed by atoms with E-state index in [2.05, 4.69) is 10.6 Å². The molecule has 2 N–H and O–H groups in total. The number of esters is 1. The Morgan fingerprint density at radius 1 is 1.00 bits per heavy atom. The number of amides is 2. The van der Waals surface area contributed by atoms with Crippen LogP contribution in [-0.4, -0.2) is 30.9 Å². The summed E-state index contributed by atoms with van der Waals surface area (Å²) >= 11 is 5.84. The van der Waals surface area contributed by atoms with Crippen LogP contribution in [-0.2, 0) is 25.5 Å². The molecule has 7 heteroatoms. The van der Waals surface area contributed by atoms with Gasteiger partial charge in [-0.25, -0.2) is 0 Å². The van der Waals surface area contributed by atoms with Gasteiger partial charge in [0.25, 0.3) is 5.91 Å². The summed E-state index contributed by atoms with van der Waals surface area (Å²) in [6.45, 7) is 1.62. The van der Waals surface area contributed by atoms with E-state index < -0.39 is 11.9 Å². The number of carbonyl (C=O) groups excluding carboxylic acids is 3. The second kappa shape index (κ2) is 11.1. The number of halogens is 1. The van der Waals surface area contributed by atoms with E-state index in [4.69, 9.17) is 16.3 Å². The third kappa shape index (κ3) is 7.80. The van der Waals surface area contributed by atoms with Gasteiger partial charge in [-0.15, -0.1) is 0 Å². The molecule has 2 amide bonds. The molecule has 0 bridgehead atoms. The van der Waals surface area contributed by atoms with E-state index in [1.165, 1.54) is 0 Å². The number of nitrogens with one attached hydrogen (secondary N) is 2. The Morgan fingerprint density at radius 2 is 1.68 bits per heavy atom. The van der Waals surface area contributed by atoms with Gasteiger partial charge in [-0.3, -0.25) is 14.4 Å². The third-order valence-corrected chi connectivity index (χ3v) is 4.22. The van der Waals surface area contributed by atoms with E-state index in [0.717, 1.165) is 11.1 Å². The molecule has 0 spiro atoms. The van der Waals surface area contributed by atoms with Crippen molar-refractivity contribution in [2.75, 3.05) is 13.2 Å². The highest BCUT2D eigenvalue weighted by molar-refractivity contribution is 6.30. The number of rotatable bonds is 9. The molecule has 0 saturated carbocycles. The first-order valence-corrected chi connectivity index (χ1v) is 9.33. The van der Waals surface area contributed by atoms with Crippen LogP contribution in [0.1, 0.15) is 30.5 Å². The summed E-state index contributed by atoms with van der Waals surface area (Å²) in [7, 11) is 0. The number of benzene rings is 2. The zero-order chi connectivity index (χ0) is 20.4.